The minimum atomic E-state index is -0.975. The zero-order valence-corrected chi connectivity index (χ0v) is 19.0. The quantitative estimate of drug-likeness (QED) is 0.434. The molecule has 9 nitrogen and oxygen atoms in total. The first-order valence-corrected chi connectivity index (χ1v) is 10.8. The van der Waals surface area contributed by atoms with E-state index in [1.807, 2.05) is 20.8 Å². The molecule has 0 saturated carbocycles. The molecule has 1 saturated heterocycles. The van der Waals surface area contributed by atoms with Crippen LogP contribution < -0.4 is 21.7 Å². The number of carbonyl (C=O) groups excluding carboxylic acids is 4. The number of amides is 5. The van der Waals surface area contributed by atoms with Gasteiger partial charge in [-0.2, -0.15) is 0 Å². The lowest BCUT2D eigenvalue weighted by Crippen LogP contribution is -2.55. The highest BCUT2D eigenvalue weighted by Gasteiger charge is 2.43. The van der Waals surface area contributed by atoms with E-state index in [0.717, 1.165) is 12.1 Å². The van der Waals surface area contributed by atoms with E-state index in [1.54, 1.807) is 0 Å². The maximum absolute atomic E-state index is 13.9. The lowest BCUT2D eigenvalue weighted by molar-refractivity contribution is -0.140. The molecule has 5 amide bonds. The van der Waals surface area contributed by atoms with Crippen LogP contribution in [0.1, 0.15) is 46.5 Å². The Balaban J connectivity index is 2.11. The molecule has 11 heteroatoms. The molecule has 1 aromatic carbocycles. The summed E-state index contributed by atoms with van der Waals surface area (Å²) in [6, 6.07) is 0.234. The third-order valence-corrected chi connectivity index (χ3v) is 5.06. The molecule has 1 heterocycles. The molecular weight excluding hydrogens is 436 g/mol. The third kappa shape index (κ3) is 7.99. The van der Waals surface area contributed by atoms with Gasteiger partial charge in [0, 0.05) is 32.0 Å². The van der Waals surface area contributed by atoms with Crippen molar-refractivity contribution >= 4 is 29.4 Å². The summed E-state index contributed by atoms with van der Waals surface area (Å²) in [4.78, 5) is 50.6. The van der Waals surface area contributed by atoms with Crippen LogP contribution in [0.2, 0.25) is 0 Å². The molecule has 0 radical (unpaired) electrons. The van der Waals surface area contributed by atoms with Crippen LogP contribution in [0.5, 0.6) is 0 Å². The van der Waals surface area contributed by atoms with Crippen molar-refractivity contribution in [1.82, 2.24) is 15.5 Å². The molecule has 1 fully saturated rings. The summed E-state index contributed by atoms with van der Waals surface area (Å²) < 4.78 is 26.9. The van der Waals surface area contributed by atoms with Crippen molar-refractivity contribution in [2.24, 2.45) is 11.1 Å². The lowest BCUT2D eigenvalue weighted by Gasteiger charge is -2.30. The van der Waals surface area contributed by atoms with Gasteiger partial charge in [-0.15, -0.1) is 0 Å². The third-order valence-electron chi connectivity index (χ3n) is 5.06. The number of anilines is 1. The standard InChI is InChI=1S/C22H31F2N5O4/c1-22(2,3)12-18(31)29-10-8-16(19(29)20(32)26-9-4-5-17(25)30)28-21(33)27-15-7-6-13(23)11-14(15)24/h6-7,11,16,19H,4-5,8-10,12H2,1-3H3,(H2,25,30)(H,26,32)(H2,27,28,33). The maximum atomic E-state index is 13.9. The van der Waals surface area contributed by atoms with Crippen LogP contribution in [0.3, 0.4) is 0 Å². The topological polar surface area (TPSA) is 134 Å². The predicted molar refractivity (Wildman–Crippen MR) is 118 cm³/mol. The SMILES string of the molecule is CC(C)(C)CC(=O)N1CCC(NC(=O)Nc2ccc(F)cc2F)C1C(=O)NCCCC(N)=O. The minimum absolute atomic E-state index is 0.102. The first kappa shape index (κ1) is 26.0. The Morgan fingerprint density at radius 3 is 2.48 bits per heavy atom. The van der Waals surface area contributed by atoms with Gasteiger partial charge in [-0.3, -0.25) is 14.4 Å². The van der Waals surface area contributed by atoms with Gasteiger partial charge in [0.15, 0.2) is 0 Å². The molecule has 2 atom stereocenters. The van der Waals surface area contributed by atoms with Crippen molar-refractivity contribution in [2.45, 2.75) is 58.5 Å². The normalized spacial score (nSPS) is 18.0. The zero-order valence-electron chi connectivity index (χ0n) is 19.0. The average Bonchev–Trinajstić information content (AvgIpc) is 3.09. The van der Waals surface area contributed by atoms with Crippen molar-refractivity contribution in [2.75, 3.05) is 18.4 Å². The number of likely N-dealkylation sites (tertiary alicyclic amines) is 1. The highest BCUT2D eigenvalue weighted by atomic mass is 19.1. The van der Waals surface area contributed by atoms with Crippen LogP contribution in [-0.4, -0.2) is 53.8 Å². The highest BCUT2D eigenvalue weighted by molar-refractivity contribution is 5.92. The van der Waals surface area contributed by atoms with Gasteiger partial charge in [0.1, 0.15) is 17.7 Å². The number of hydrogen-bond acceptors (Lipinski definition) is 4. The van der Waals surface area contributed by atoms with Crippen LogP contribution in [0.15, 0.2) is 18.2 Å². The maximum Gasteiger partial charge on any atom is 0.319 e. The Kier molecular flexibility index (Phi) is 8.72. The zero-order chi connectivity index (χ0) is 24.8. The van der Waals surface area contributed by atoms with E-state index in [2.05, 4.69) is 16.0 Å². The fourth-order valence-electron chi connectivity index (χ4n) is 3.60. The van der Waals surface area contributed by atoms with E-state index in [-0.39, 0.29) is 42.9 Å². The molecule has 0 spiro atoms. The molecule has 2 rings (SSSR count). The van der Waals surface area contributed by atoms with Crippen LogP contribution in [0.25, 0.3) is 0 Å². The number of urea groups is 1. The number of primary amides is 1. The number of rotatable bonds is 8. The summed E-state index contributed by atoms with van der Waals surface area (Å²) in [6.45, 7) is 6.14. The summed E-state index contributed by atoms with van der Waals surface area (Å²) >= 11 is 0. The fourth-order valence-corrected chi connectivity index (χ4v) is 3.60. The molecule has 1 aliphatic heterocycles. The van der Waals surface area contributed by atoms with E-state index in [9.17, 15) is 28.0 Å². The summed E-state index contributed by atoms with van der Waals surface area (Å²) in [6.07, 6.45) is 0.962. The number of nitrogens with one attached hydrogen (secondary N) is 3. The number of halogens is 2. The number of benzene rings is 1. The molecule has 5 N–H and O–H groups in total. The van der Waals surface area contributed by atoms with Gasteiger partial charge in [0.2, 0.25) is 17.7 Å². The largest absolute Gasteiger partial charge is 0.370 e. The second-order valence-electron chi connectivity index (χ2n) is 9.25. The van der Waals surface area contributed by atoms with Gasteiger partial charge in [0.05, 0.1) is 11.7 Å². The Bertz CT molecular complexity index is 903. The number of carbonyl (C=O) groups is 4. The van der Waals surface area contributed by atoms with Gasteiger partial charge >= 0.3 is 6.03 Å². The lowest BCUT2D eigenvalue weighted by atomic mass is 9.91. The summed E-state index contributed by atoms with van der Waals surface area (Å²) in [5.74, 6) is -2.92. The molecule has 1 aliphatic rings. The Labute approximate surface area is 191 Å². The fraction of sp³-hybridized carbons (Fsp3) is 0.545. The Morgan fingerprint density at radius 2 is 1.88 bits per heavy atom. The van der Waals surface area contributed by atoms with E-state index in [1.165, 1.54) is 4.90 Å². The van der Waals surface area contributed by atoms with Gasteiger partial charge < -0.3 is 26.6 Å². The van der Waals surface area contributed by atoms with Crippen LogP contribution >= 0.6 is 0 Å². The molecule has 2 unspecified atom stereocenters. The van der Waals surface area contributed by atoms with E-state index < -0.39 is 41.6 Å². The number of nitrogens with zero attached hydrogens (tertiary/aromatic N) is 1. The molecule has 0 aliphatic carbocycles. The minimum Gasteiger partial charge on any atom is -0.370 e. The summed E-state index contributed by atoms with van der Waals surface area (Å²) in [7, 11) is 0. The molecular formula is C22H31F2N5O4. The summed E-state index contributed by atoms with van der Waals surface area (Å²) in [5.41, 5.74) is 4.58. The second kappa shape index (κ2) is 11.1. The van der Waals surface area contributed by atoms with Gasteiger partial charge in [-0.1, -0.05) is 20.8 Å². The first-order valence-electron chi connectivity index (χ1n) is 10.8. The Hall–Kier alpha value is -3.24. The van der Waals surface area contributed by atoms with Gasteiger partial charge in [-0.05, 0) is 30.4 Å². The summed E-state index contributed by atoms with van der Waals surface area (Å²) in [5, 5.41) is 7.59. The van der Waals surface area contributed by atoms with Crippen molar-refractivity contribution in [1.29, 1.82) is 0 Å². The van der Waals surface area contributed by atoms with Crippen molar-refractivity contribution in [3.63, 3.8) is 0 Å². The van der Waals surface area contributed by atoms with Crippen molar-refractivity contribution < 1.29 is 28.0 Å². The highest BCUT2D eigenvalue weighted by Crippen LogP contribution is 2.25. The van der Waals surface area contributed by atoms with Crippen LogP contribution in [0, 0.1) is 17.0 Å². The molecule has 182 valence electrons. The number of nitrogens with two attached hydrogens (primary N) is 1. The van der Waals surface area contributed by atoms with Crippen molar-refractivity contribution in [3.05, 3.63) is 29.8 Å². The van der Waals surface area contributed by atoms with E-state index >= 15 is 0 Å². The smallest absolute Gasteiger partial charge is 0.319 e. The van der Waals surface area contributed by atoms with E-state index in [4.69, 9.17) is 5.73 Å². The Morgan fingerprint density at radius 1 is 1.18 bits per heavy atom. The van der Waals surface area contributed by atoms with Crippen LogP contribution in [0.4, 0.5) is 19.3 Å². The number of hydrogen-bond donors (Lipinski definition) is 4. The van der Waals surface area contributed by atoms with Crippen molar-refractivity contribution in [3.8, 4) is 0 Å². The van der Waals surface area contributed by atoms with E-state index in [0.29, 0.717) is 18.9 Å². The molecule has 1 aromatic rings. The monoisotopic (exact) mass is 467 g/mol. The first-order chi connectivity index (χ1) is 15.4. The molecule has 0 aromatic heterocycles. The average molecular weight is 468 g/mol. The second-order valence-corrected chi connectivity index (χ2v) is 9.25. The van der Waals surface area contributed by atoms with Gasteiger partial charge in [0.25, 0.3) is 0 Å². The molecule has 0 bridgehead atoms. The van der Waals surface area contributed by atoms with Gasteiger partial charge in [-0.25, -0.2) is 13.6 Å². The van der Waals surface area contributed by atoms with Crippen LogP contribution in [-0.2, 0) is 14.4 Å². The molecule has 33 heavy (non-hydrogen) atoms. The predicted octanol–water partition coefficient (Wildman–Crippen LogP) is 1.87.